The number of amides is 1. The molecule has 28 heavy (non-hydrogen) atoms. The van der Waals surface area contributed by atoms with Crippen LogP contribution in [0.5, 0.6) is 0 Å². The van der Waals surface area contributed by atoms with Crippen LogP contribution in [0.1, 0.15) is 27.2 Å². The first-order chi connectivity index (χ1) is 13.3. The first-order valence-electron chi connectivity index (χ1n) is 8.81. The topological polar surface area (TPSA) is 59.8 Å². The standard InChI is InChI=1S/C21H19BrN4OS/c1-11-8-14(22)9-12(2)19(11)24-21(27)15-10-16(17-6-5-7-28-17)23-20-18(15)13(3)25-26(20)4/h5-10H,1-4H3,(H,24,27). The van der Waals surface area contributed by atoms with Crippen molar-refractivity contribution < 1.29 is 4.79 Å². The second kappa shape index (κ2) is 7.14. The molecule has 0 radical (unpaired) electrons. The average molecular weight is 455 g/mol. The molecular weight excluding hydrogens is 436 g/mol. The number of carbonyl (C=O) groups excluding carboxylic acids is 1. The number of aryl methyl sites for hydroxylation is 4. The Morgan fingerprint density at radius 2 is 1.89 bits per heavy atom. The number of nitrogens with zero attached hydrogens (tertiary/aromatic N) is 3. The third kappa shape index (κ3) is 3.25. The number of hydrogen-bond donors (Lipinski definition) is 1. The number of pyridine rings is 1. The van der Waals surface area contributed by atoms with Crippen molar-refractivity contribution in [2.24, 2.45) is 7.05 Å². The third-order valence-corrected chi connectivity index (χ3v) is 6.07. The fraction of sp³-hybridized carbons (Fsp3) is 0.190. The van der Waals surface area contributed by atoms with Gasteiger partial charge in [-0.1, -0.05) is 22.0 Å². The largest absolute Gasteiger partial charge is 0.321 e. The lowest BCUT2D eigenvalue weighted by atomic mass is 10.1. The van der Waals surface area contributed by atoms with Gasteiger partial charge in [0.05, 0.1) is 27.2 Å². The molecule has 1 amide bonds. The van der Waals surface area contributed by atoms with E-state index in [1.807, 2.05) is 63.5 Å². The number of rotatable bonds is 3. The summed E-state index contributed by atoms with van der Waals surface area (Å²) in [5, 5.41) is 10.4. The first kappa shape index (κ1) is 18.8. The van der Waals surface area contributed by atoms with Gasteiger partial charge in [0, 0.05) is 17.2 Å². The van der Waals surface area contributed by atoms with Crippen LogP contribution in [0.4, 0.5) is 5.69 Å². The maximum absolute atomic E-state index is 13.3. The summed E-state index contributed by atoms with van der Waals surface area (Å²) in [5.41, 5.74) is 5.70. The highest BCUT2D eigenvalue weighted by Gasteiger charge is 2.20. The summed E-state index contributed by atoms with van der Waals surface area (Å²) < 4.78 is 2.73. The predicted octanol–water partition coefficient (Wildman–Crippen LogP) is 5.64. The molecule has 142 valence electrons. The van der Waals surface area contributed by atoms with Gasteiger partial charge in [0.25, 0.3) is 5.91 Å². The van der Waals surface area contributed by atoms with Crippen LogP contribution < -0.4 is 5.32 Å². The zero-order chi connectivity index (χ0) is 20.0. The molecule has 0 saturated heterocycles. The molecule has 0 aliphatic rings. The second-order valence-electron chi connectivity index (χ2n) is 6.81. The minimum absolute atomic E-state index is 0.158. The Hall–Kier alpha value is -2.51. The van der Waals surface area contributed by atoms with Gasteiger partial charge in [-0.2, -0.15) is 5.10 Å². The zero-order valence-corrected chi connectivity index (χ0v) is 18.4. The van der Waals surface area contributed by atoms with Crippen LogP contribution >= 0.6 is 27.3 Å². The predicted molar refractivity (Wildman–Crippen MR) is 118 cm³/mol. The van der Waals surface area contributed by atoms with Gasteiger partial charge in [-0.3, -0.25) is 9.48 Å². The van der Waals surface area contributed by atoms with Crippen molar-refractivity contribution in [3.8, 4) is 10.6 Å². The van der Waals surface area contributed by atoms with Crippen LogP contribution in [0, 0.1) is 20.8 Å². The van der Waals surface area contributed by atoms with E-state index in [0.717, 1.165) is 42.9 Å². The maximum Gasteiger partial charge on any atom is 0.256 e. The SMILES string of the molecule is Cc1cc(Br)cc(C)c1NC(=O)c1cc(-c2cccs2)nc2c1c(C)nn2C. The molecule has 0 fully saturated rings. The number of halogens is 1. The van der Waals surface area contributed by atoms with E-state index < -0.39 is 0 Å². The van der Waals surface area contributed by atoms with Gasteiger partial charge in [-0.05, 0) is 61.5 Å². The van der Waals surface area contributed by atoms with Crippen molar-refractivity contribution in [3.05, 3.63) is 62.6 Å². The van der Waals surface area contributed by atoms with Crippen molar-refractivity contribution in [2.75, 3.05) is 5.32 Å². The van der Waals surface area contributed by atoms with E-state index in [4.69, 9.17) is 4.98 Å². The highest BCUT2D eigenvalue weighted by Crippen LogP contribution is 2.31. The van der Waals surface area contributed by atoms with Gasteiger partial charge in [-0.25, -0.2) is 4.98 Å². The summed E-state index contributed by atoms with van der Waals surface area (Å²) in [6.45, 7) is 5.88. The summed E-state index contributed by atoms with van der Waals surface area (Å²) in [5.74, 6) is -0.158. The average Bonchev–Trinajstić information content (AvgIpc) is 3.26. The lowest BCUT2D eigenvalue weighted by Gasteiger charge is -2.13. The third-order valence-electron chi connectivity index (χ3n) is 4.72. The van der Waals surface area contributed by atoms with Crippen LogP contribution in [0.25, 0.3) is 21.6 Å². The second-order valence-corrected chi connectivity index (χ2v) is 8.67. The van der Waals surface area contributed by atoms with E-state index in [9.17, 15) is 4.79 Å². The molecule has 5 nitrogen and oxygen atoms in total. The fourth-order valence-electron chi connectivity index (χ4n) is 3.46. The summed E-state index contributed by atoms with van der Waals surface area (Å²) in [7, 11) is 1.85. The molecule has 0 bridgehead atoms. The Labute approximate surface area is 175 Å². The van der Waals surface area contributed by atoms with Crippen LogP contribution in [0.3, 0.4) is 0 Å². The quantitative estimate of drug-likeness (QED) is 0.435. The van der Waals surface area contributed by atoms with Crippen molar-refractivity contribution in [1.82, 2.24) is 14.8 Å². The number of carbonyl (C=O) groups is 1. The lowest BCUT2D eigenvalue weighted by Crippen LogP contribution is -2.15. The number of fused-ring (bicyclic) bond motifs is 1. The molecule has 4 aromatic rings. The zero-order valence-electron chi connectivity index (χ0n) is 16.0. The summed E-state index contributed by atoms with van der Waals surface area (Å²) >= 11 is 5.10. The molecule has 1 aromatic carbocycles. The molecule has 0 atom stereocenters. The highest BCUT2D eigenvalue weighted by molar-refractivity contribution is 9.10. The molecular formula is C21H19BrN4OS. The number of aromatic nitrogens is 3. The van der Waals surface area contributed by atoms with Gasteiger partial charge >= 0.3 is 0 Å². The first-order valence-corrected chi connectivity index (χ1v) is 10.5. The van der Waals surface area contributed by atoms with Gasteiger partial charge in [0.1, 0.15) is 0 Å². The van der Waals surface area contributed by atoms with Crippen molar-refractivity contribution >= 4 is 49.9 Å². The van der Waals surface area contributed by atoms with E-state index in [1.54, 1.807) is 16.0 Å². The molecule has 0 unspecified atom stereocenters. The number of anilines is 1. The van der Waals surface area contributed by atoms with Gasteiger partial charge in [0.2, 0.25) is 0 Å². The summed E-state index contributed by atoms with van der Waals surface area (Å²) in [6, 6.07) is 9.84. The molecule has 0 aliphatic heterocycles. The normalized spacial score (nSPS) is 11.2. The number of nitrogens with one attached hydrogen (secondary N) is 1. The Morgan fingerprint density at radius 1 is 1.18 bits per heavy atom. The molecule has 0 aliphatic carbocycles. The van der Waals surface area contributed by atoms with Crippen LogP contribution in [0.15, 0.2) is 40.2 Å². The maximum atomic E-state index is 13.3. The molecule has 4 rings (SSSR count). The molecule has 0 saturated carbocycles. The highest BCUT2D eigenvalue weighted by atomic mass is 79.9. The van der Waals surface area contributed by atoms with Gasteiger partial charge < -0.3 is 5.32 Å². The molecule has 7 heteroatoms. The Kier molecular flexibility index (Phi) is 4.81. The Morgan fingerprint density at radius 3 is 2.54 bits per heavy atom. The van der Waals surface area contributed by atoms with Crippen LogP contribution in [-0.4, -0.2) is 20.7 Å². The van der Waals surface area contributed by atoms with Gasteiger partial charge in [0.15, 0.2) is 5.65 Å². The summed E-state index contributed by atoms with van der Waals surface area (Å²) in [6.07, 6.45) is 0. The smallest absolute Gasteiger partial charge is 0.256 e. The minimum atomic E-state index is -0.158. The Bertz CT molecular complexity index is 1190. The van der Waals surface area contributed by atoms with Crippen molar-refractivity contribution in [2.45, 2.75) is 20.8 Å². The van der Waals surface area contributed by atoms with E-state index >= 15 is 0 Å². The fourth-order valence-corrected chi connectivity index (χ4v) is 4.84. The minimum Gasteiger partial charge on any atom is -0.321 e. The number of benzene rings is 1. The molecule has 3 heterocycles. The van der Waals surface area contributed by atoms with Crippen molar-refractivity contribution in [3.63, 3.8) is 0 Å². The Balaban J connectivity index is 1.87. The number of hydrogen-bond acceptors (Lipinski definition) is 4. The number of thiophene rings is 1. The lowest BCUT2D eigenvalue weighted by molar-refractivity contribution is 0.102. The van der Waals surface area contributed by atoms with E-state index in [0.29, 0.717) is 11.2 Å². The molecule has 1 N–H and O–H groups in total. The van der Waals surface area contributed by atoms with E-state index in [-0.39, 0.29) is 5.91 Å². The van der Waals surface area contributed by atoms with Crippen molar-refractivity contribution in [1.29, 1.82) is 0 Å². The monoisotopic (exact) mass is 454 g/mol. The van der Waals surface area contributed by atoms with Gasteiger partial charge in [-0.15, -0.1) is 11.3 Å². The van der Waals surface area contributed by atoms with E-state index in [1.165, 1.54) is 0 Å². The van der Waals surface area contributed by atoms with Crippen LogP contribution in [0.2, 0.25) is 0 Å². The summed E-state index contributed by atoms with van der Waals surface area (Å²) in [4.78, 5) is 19.1. The molecule has 3 aromatic heterocycles. The van der Waals surface area contributed by atoms with Crippen LogP contribution in [-0.2, 0) is 7.05 Å². The molecule has 0 spiro atoms. The van der Waals surface area contributed by atoms with E-state index in [2.05, 4.69) is 26.3 Å².